The van der Waals surface area contributed by atoms with E-state index in [-0.39, 0.29) is 5.91 Å². The summed E-state index contributed by atoms with van der Waals surface area (Å²) >= 11 is 0. The molecule has 2 aromatic rings. The molecule has 0 heterocycles. The second-order valence-corrected chi connectivity index (χ2v) is 4.79. The van der Waals surface area contributed by atoms with Crippen LogP contribution in [0.25, 0.3) is 0 Å². The van der Waals surface area contributed by atoms with E-state index in [2.05, 4.69) is 6.07 Å². The molecule has 4 nitrogen and oxygen atoms in total. The molecular weight excluding hydrogens is 264 g/mol. The highest BCUT2D eigenvalue weighted by Gasteiger charge is 2.07. The van der Waals surface area contributed by atoms with Crippen molar-refractivity contribution >= 4 is 5.91 Å². The van der Waals surface area contributed by atoms with E-state index in [1.54, 1.807) is 44.4 Å². The first-order valence-corrected chi connectivity index (χ1v) is 6.54. The molecule has 4 heteroatoms. The molecule has 0 saturated heterocycles. The number of hydrogen-bond donors (Lipinski definition) is 0. The third-order valence-electron chi connectivity index (χ3n) is 3.01. The van der Waals surface area contributed by atoms with Crippen LogP contribution in [0, 0.1) is 11.3 Å². The van der Waals surface area contributed by atoms with E-state index in [4.69, 9.17) is 10.00 Å². The Kier molecular flexibility index (Phi) is 4.57. The maximum Gasteiger partial charge on any atom is 0.253 e. The quantitative estimate of drug-likeness (QED) is 0.865. The normalized spacial score (nSPS) is 9.76. The number of carbonyl (C=O) groups excluding carboxylic acids is 1. The van der Waals surface area contributed by atoms with Gasteiger partial charge >= 0.3 is 0 Å². The molecule has 0 aliphatic heterocycles. The smallest absolute Gasteiger partial charge is 0.253 e. The monoisotopic (exact) mass is 280 g/mol. The number of nitriles is 1. The molecule has 21 heavy (non-hydrogen) atoms. The second kappa shape index (κ2) is 6.58. The van der Waals surface area contributed by atoms with Crippen LogP contribution in [-0.4, -0.2) is 24.9 Å². The summed E-state index contributed by atoms with van der Waals surface area (Å²) in [6, 6.07) is 16.5. The number of rotatable bonds is 4. The van der Waals surface area contributed by atoms with Gasteiger partial charge in [-0.2, -0.15) is 5.26 Å². The van der Waals surface area contributed by atoms with Crippen molar-refractivity contribution < 1.29 is 9.53 Å². The summed E-state index contributed by atoms with van der Waals surface area (Å²) < 4.78 is 5.64. The van der Waals surface area contributed by atoms with Crippen LogP contribution in [0.1, 0.15) is 21.5 Å². The van der Waals surface area contributed by atoms with Crippen molar-refractivity contribution in [2.45, 2.75) is 6.61 Å². The van der Waals surface area contributed by atoms with Gasteiger partial charge in [-0.25, -0.2) is 0 Å². The minimum absolute atomic E-state index is 0.0303. The summed E-state index contributed by atoms with van der Waals surface area (Å²) in [5.74, 6) is 0.533. The Morgan fingerprint density at radius 2 is 1.81 bits per heavy atom. The molecule has 0 aliphatic rings. The Balaban J connectivity index is 2.05. The number of ether oxygens (including phenoxy) is 1. The third-order valence-corrected chi connectivity index (χ3v) is 3.01. The van der Waals surface area contributed by atoms with Crippen molar-refractivity contribution in [2.75, 3.05) is 14.1 Å². The molecule has 2 rings (SSSR count). The fourth-order valence-corrected chi connectivity index (χ4v) is 1.85. The Morgan fingerprint density at radius 3 is 2.43 bits per heavy atom. The standard InChI is InChI=1S/C17H16N2O2/c1-19(2)17(20)14-9-7-13(8-10-14)12-21-16-6-4-3-5-15(16)11-18/h3-10H,12H2,1-2H3. The summed E-state index contributed by atoms with van der Waals surface area (Å²) in [6.07, 6.45) is 0. The lowest BCUT2D eigenvalue weighted by molar-refractivity contribution is 0.0827. The summed E-state index contributed by atoms with van der Waals surface area (Å²) in [6.45, 7) is 0.356. The first-order chi connectivity index (χ1) is 10.1. The summed E-state index contributed by atoms with van der Waals surface area (Å²) in [5.41, 5.74) is 2.09. The highest BCUT2D eigenvalue weighted by Crippen LogP contribution is 2.18. The van der Waals surface area contributed by atoms with Gasteiger partial charge in [0.25, 0.3) is 5.91 Å². The van der Waals surface area contributed by atoms with Crippen molar-refractivity contribution in [3.63, 3.8) is 0 Å². The average molecular weight is 280 g/mol. The van der Waals surface area contributed by atoms with Crippen LogP contribution < -0.4 is 4.74 Å². The van der Waals surface area contributed by atoms with Crippen molar-refractivity contribution in [1.29, 1.82) is 5.26 Å². The number of nitrogens with zero attached hydrogens (tertiary/aromatic N) is 2. The molecule has 0 saturated carbocycles. The summed E-state index contributed by atoms with van der Waals surface area (Å²) in [5, 5.41) is 8.99. The number of hydrogen-bond acceptors (Lipinski definition) is 3. The van der Waals surface area contributed by atoms with Gasteiger partial charge in [-0.1, -0.05) is 24.3 Å². The molecule has 0 radical (unpaired) electrons. The van der Waals surface area contributed by atoms with Crippen LogP contribution >= 0.6 is 0 Å². The molecule has 0 spiro atoms. The fourth-order valence-electron chi connectivity index (χ4n) is 1.85. The maximum atomic E-state index is 11.8. The SMILES string of the molecule is CN(C)C(=O)c1ccc(COc2ccccc2C#N)cc1. The van der Waals surface area contributed by atoms with Gasteiger partial charge in [-0.15, -0.1) is 0 Å². The fraction of sp³-hybridized carbons (Fsp3) is 0.176. The lowest BCUT2D eigenvalue weighted by Gasteiger charge is -2.11. The van der Waals surface area contributed by atoms with Crippen LogP contribution in [0.2, 0.25) is 0 Å². The van der Waals surface area contributed by atoms with E-state index >= 15 is 0 Å². The zero-order valence-electron chi connectivity index (χ0n) is 12.0. The molecule has 0 unspecified atom stereocenters. The van der Waals surface area contributed by atoms with Gasteiger partial charge in [-0.05, 0) is 29.8 Å². The van der Waals surface area contributed by atoms with E-state index in [1.807, 2.05) is 18.2 Å². The third kappa shape index (κ3) is 3.61. The van der Waals surface area contributed by atoms with Crippen LogP contribution in [0.5, 0.6) is 5.75 Å². The molecule has 0 aromatic heterocycles. The number of amides is 1. The zero-order valence-corrected chi connectivity index (χ0v) is 12.0. The molecule has 0 bridgehead atoms. The highest BCUT2D eigenvalue weighted by atomic mass is 16.5. The molecule has 0 aliphatic carbocycles. The van der Waals surface area contributed by atoms with Gasteiger partial charge in [0.05, 0.1) is 5.56 Å². The predicted octanol–water partition coefficient (Wildman–Crippen LogP) is 2.84. The summed E-state index contributed by atoms with van der Waals surface area (Å²) in [4.78, 5) is 13.3. The Bertz CT molecular complexity index is 670. The van der Waals surface area contributed by atoms with Gasteiger partial charge in [0.1, 0.15) is 18.4 Å². The van der Waals surface area contributed by atoms with Crippen LogP contribution in [0.3, 0.4) is 0 Å². The van der Waals surface area contributed by atoms with Crippen molar-refractivity contribution in [3.8, 4) is 11.8 Å². The van der Waals surface area contributed by atoms with Crippen molar-refractivity contribution in [3.05, 3.63) is 65.2 Å². The van der Waals surface area contributed by atoms with E-state index < -0.39 is 0 Å². The second-order valence-electron chi connectivity index (χ2n) is 4.79. The first-order valence-electron chi connectivity index (χ1n) is 6.54. The van der Waals surface area contributed by atoms with E-state index in [0.29, 0.717) is 23.5 Å². The maximum absolute atomic E-state index is 11.8. The van der Waals surface area contributed by atoms with Gasteiger partial charge in [0.2, 0.25) is 0 Å². The lowest BCUT2D eigenvalue weighted by atomic mass is 10.1. The van der Waals surface area contributed by atoms with Gasteiger partial charge in [0.15, 0.2) is 0 Å². The van der Waals surface area contributed by atoms with Crippen LogP contribution in [-0.2, 0) is 6.61 Å². The molecule has 106 valence electrons. The van der Waals surface area contributed by atoms with Crippen molar-refractivity contribution in [1.82, 2.24) is 4.90 Å². The number of para-hydroxylation sites is 1. The van der Waals surface area contributed by atoms with Crippen molar-refractivity contribution in [2.24, 2.45) is 0 Å². The number of carbonyl (C=O) groups is 1. The van der Waals surface area contributed by atoms with Gasteiger partial charge in [0, 0.05) is 19.7 Å². The van der Waals surface area contributed by atoms with Crippen LogP contribution in [0.4, 0.5) is 0 Å². The molecule has 2 aromatic carbocycles. The predicted molar refractivity (Wildman–Crippen MR) is 79.9 cm³/mol. The van der Waals surface area contributed by atoms with E-state index in [1.165, 1.54) is 4.90 Å². The minimum Gasteiger partial charge on any atom is -0.488 e. The average Bonchev–Trinajstić information content (AvgIpc) is 2.52. The topological polar surface area (TPSA) is 53.3 Å². The first kappa shape index (κ1) is 14.6. The zero-order chi connectivity index (χ0) is 15.2. The summed E-state index contributed by atoms with van der Waals surface area (Å²) in [7, 11) is 3.44. The van der Waals surface area contributed by atoms with Gasteiger partial charge in [-0.3, -0.25) is 4.79 Å². The van der Waals surface area contributed by atoms with Crippen LogP contribution in [0.15, 0.2) is 48.5 Å². The molecule has 0 N–H and O–H groups in total. The molecular formula is C17H16N2O2. The Labute approximate surface area is 124 Å². The lowest BCUT2D eigenvalue weighted by Crippen LogP contribution is -2.21. The minimum atomic E-state index is -0.0303. The van der Waals surface area contributed by atoms with E-state index in [0.717, 1.165) is 5.56 Å². The Morgan fingerprint density at radius 1 is 1.14 bits per heavy atom. The molecule has 0 atom stereocenters. The largest absolute Gasteiger partial charge is 0.488 e. The number of benzene rings is 2. The Hall–Kier alpha value is -2.80. The molecule has 1 amide bonds. The molecule has 0 fully saturated rings. The highest BCUT2D eigenvalue weighted by molar-refractivity contribution is 5.93. The van der Waals surface area contributed by atoms with E-state index in [9.17, 15) is 4.79 Å². The van der Waals surface area contributed by atoms with Gasteiger partial charge < -0.3 is 9.64 Å².